The number of fused-ring (bicyclic) bond motifs is 2. The van der Waals surface area contributed by atoms with Gasteiger partial charge in [0.15, 0.2) is 0 Å². The van der Waals surface area contributed by atoms with E-state index in [2.05, 4.69) is 28.1 Å². The number of rotatable bonds is 1. The molecule has 1 aromatic rings. The van der Waals surface area contributed by atoms with Gasteiger partial charge in [0.05, 0.1) is 16.6 Å². The fourth-order valence-corrected chi connectivity index (χ4v) is 3.40. The first-order chi connectivity index (χ1) is 8.66. The summed E-state index contributed by atoms with van der Waals surface area (Å²) in [5.41, 5.74) is 0.596. The number of hydrogen-bond acceptors (Lipinski definition) is 1. The van der Waals surface area contributed by atoms with Crippen molar-refractivity contribution in [2.24, 2.45) is 0 Å². The zero-order chi connectivity index (χ0) is 12.7. The van der Waals surface area contributed by atoms with E-state index in [9.17, 15) is 4.79 Å². The second-order valence-electron chi connectivity index (χ2n) is 4.80. The average Bonchev–Trinajstić information content (AvgIpc) is 2.61. The molecule has 1 saturated heterocycles. The van der Waals surface area contributed by atoms with Crippen LogP contribution in [0.4, 0.5) is 0 Å². The van der Waals surface area contributed by atoms with Crippen molar-refractivity contribution in [3.63, 3.8) is 0 Å². The van der Waals surface area contributed by atoms with E-state index in [4.69, 9.17) is 11.6 Å². The Labute approximate surface area is 120 Å². The van der Waals surface area contributed by atoms with Crippen molar-refractivity contribution >= 4 is 33.4 Å². The van der Waals surface area contributed by atoms with Crippen molar-refractivity contribution < 1.29 is 4.79 Å². The molecule has 1 amide bonds. The molecule has 94 valence electrons. The van der Waals surface area contributed by atoms with E-state index in [1.165, 1.54) is 0 Å². The van der Waals surface area contributed by atoms with Crippen LogP contribution < -0.4 is 0 Å². The van der Waals surface area contributed by atoms with Gasteiger partial charge in [-0.3, -0.25) is 4.79 Å². The maximum absolute atomic E-state index is 12.6. The lowest BCUT2D eigenvalue weighted by Crippen LogP contribution is -2.42. The Balaban J connectivity index is 1.95. The van der Waals surface area contributed by atoms with Gasteiger partial charge in [-0.25, -0.2) is 0 Å². The molecule has 0 aliphatic carbocycles. The zero-order valence-electron chi connectivity index (χ0n) is 9.77. The molecule has 1 aromatic carbocycles. The van der Waals surface area contributed by atoms with E-state index in [1.807, 2.05) is 17.0 Å². The van der Waals surface area contributed by atoms with Crippen molar-refractivity contribution in [1.82, 2.24) is 4.90 Å². The van der Waals surface area contributed by atoms with Crippen LogP contribution in [0.3, 0.4) is 0 Å². The van der Waals surface area contributed by atoms with Crippen molar-refractivity contribution in [3.8, 4) is 0 Å². The third-order valence-electron chi connectivity index (χ3n) is 3.71. The predicted molar refractivity (Wildman–Crippen MR) is 75.9 cm³/mol. The summed E-state index contributed by atoms with van der Waals surface area (Å²) in [5, 5.41) is 0.525. The number of hydrogen-bond donors (Lipinski definition) is 0. The van der Waals surface area contributed by atoms with Crippen LogP contribution in [0, 0.1) is 0 Å². The lowest BCUT2D eigenvalue weighted by atomic mass is 10.1. The molecule has 0 saturated carbocycles. The summed E-state index contributed by atoms with van der Waals surface area (Å²) in [6.07, 6.45) is 7.46. The molecule has 0 aromatic heterocycles. The normalized spacial score (nSPS) is 25.6. The molecule has 2 aliphatic rings. The average molecular weight is 327 g/mol. The van der Waals surface area contributed by atoms with Crippen LogP contribution in [0.5, 0.6) is 0 Å². The summed E-state index contributed by atoms with van der Waals surface area (Å²) in [5.74, 6) is 0.0538. The number of amides is 1. The van der Waals surface area contributed by atoms with Gasteiger partial charge in [-0.2, -0.15) is 0 Å². The highest BCUT2D eigenvalue weighted by Gasteiger charge is 2.37. The number of nitrogens with zero attached hydrogens (tertiary/aromatic N) is 1. The Bertz CT molecular complexity index is 529. The van der Waals surface area contributed by atoms with E-state index in [0.29, 0.717) is 16.6 Å². The van der Waals surface area contributed by atoms with Gasteiger partial charge in [0.25, 0.3) is 5.91 Å². The van der Waals surface area contributed by atoms with Crippen LogP contribution in [-0.4, -0.2) is 22.9 Å². The molecule has 3 rings (SSSR count). The fourth-order valence-electron chi connectivity index (χ4n) is 2.84. The van der Waals surface area contributed by atoms with Gasteiger partial charge < -0.3 is 4.90 Å². The maximum atomic E-state index is 12.6. The molecule has 0 spiro atoms. The molecular weight excluding hydrogens is 314 g/mol. The zero-order valence-corrected chi connectivity index (χ0v) is 12.1. The lowest BCUT2D eigenvalue weighted by molar-refractivity contribution is 0.0689. The van der Waals surface area contributed by atoms with E-state index < -0.39 is 0 Å². The number of carbonyl (C=O) groups is 1. The summed E-state index contributed by atoms with van der Waals surface area (Å²) >= 11 is 9.53. The smallest absolute Gasteiger partial charge is 0.256 e. The Morgan fingerprint density at radius 3 is 3.00 bits per heavy atom. The first-order valence-corrected chi connectivity index (χ1v) is 7.28. The fraction of sp³-hybridized carbons (Fsp3) is 0.357. The first kappa shape index (κ1) is 12.2. The molecule has 2 heterocycles. The van der Waals surface area contributed by atoms with E-state index in [1.54, 1.807) is 6.07 Å². The molecule has 2 unspecified atom stereocenters. The molecule has 2 atom stereocenters. The van der Waals surface area contributed by atoms with E-state index in [0.717, 1.165) is 23.7 Å². The van der Waals surface area contributed by atoms with Gasteiger partial charge in [-0.1, -0.05) is 39.7 Å². The minimum atomic E-state index is 0.0538. The Hall–Kier alpha value is -0.800. The maximum Gasteiger partial charge on any atom is 0.256 e. The minimum absolute atomic E-state index is 0.0538. The van der Waals surface area contributed by atoms with Gasteiger partial charge in [-0.05, 0) is 37.5 Å². The Kier molecular flexibility index (Phi) is 3.20. The second-order valence-corrected chi connectivity index (χ2v) is 6.12. The van der Waals surface area contributed by atoms with Gasteiger partial charge in [0.2, 0.25) is 0 Å². The van der Waals surface area contributed by atoms with Crippen LogP contribution in [0.2, 0.25) is 5.02 Å². The molecule has 0 N–H and O–H groups in total. The molecule has 1 fully saturated rings. The summed E-state index contributed by atoms with van der Waals surface area (Å²) < 4.78 is 0.884. The highest BCUT2D eigenvalue weighted by molar-refractivity contribution is 9.10. The van der Waals surface area contributed by atoms with Crippen LogP contribution in [0.25, 0.3) is 0 Å². The number of benzene rings is 1. The lowest BCUT2D eigenvalue weighted by Gasteiger charge is -2.31. The summed E-state index contributed by atoms with van der Waals surface area (Å²) in [4.78, 5) is 14.6. The van der Waals surface area contributed by atoms with Crippen molar-refractivity contribution in [3.05, 3.63) is 45.4 Å². The summed E-state index contributed by atoms with van der Waals surface area (Å²) in [7, 11) is 0. The quantitative estimate of drug-likeness (QED) is 0.713. The molecule has 4 heteroatoms. The highest BCUT2D eigenvalue weighted by Crippen LogP contribution is 2.34. The summed E-state index contributed by atoms with van der Waals surface area (Å²) in [6, 6.07) is 6.03. The molecule has 2 aliphatic heterocycles. The van der Waals surface area contributed by atoms with Gasteiger partial charge in [0.1, 0.15) is 0 Å². The molecular formula is C14H13BrClNO. The van der Waals surface area contributed by atoms with Crippen LogP contribution in [-0.2, 0) is 0 Å². The summed E-state index contributed by atoms with van der Waals surface area (Å²) in [6.45, 7) is 0. The number of carbonyl (C=O) groups excluding carboxylic acids is 1. The third-order valence-corrected chi connectivity index (χ3v) is 4.53. The van der Waals surface area contributed by atoms with Crippen LogP contribution >= 0.6 is 27.5 Å². The van der Waals surface area contributed by atoms with E-state index >= 15 is 0 Å². The monoisotopic (exact) mass is 325 g/mol. The standard InChI is InChI=1S/C14H13BrClNO/c15-9-4-7-13(16)12(8-9)14(18)17-10-2-1-3-11(17)6-5-10/h1-2,4,7-8,10-11H,3,5-6H2. The largest absolute Gasteiger partial charge is 0.329 e. The van der Waals surface area contributed by atoms with Gasteiger partial charge in [-0.15, -0.1) is 0 Å². The van der Waals surface area contributed by atoms with E-state index in [-0.39, 0.29) is 11.9 Å². The first-order valence-electron chi connectivity index (χ1n) is 6.11. The van der Waals surface area contributed by atoms with Crippen LogP contribution in [0.15, 0.2) is 34.8 Å². The highest BCUT2D eigenvalue weighted by atomic mass is 79.9. The molecule has 2 nitrogen and oxygen atoms in total. The SMILES string of the molecule is O=C(c1cc(Br)ccc1Cl)N1C2C=CCC1CC2. The Morgan fingerprint density at radius 1 is 1.39 bits per heavy atom. The van der Waals surface area contributed by atoms with Crippen LogP contribution in [0.1, 0.15) is 29.6 Å². The second kappa shape index (κ2) is 4.71. The van der Waals surface area contributed by atoms with Crippen molar-refractivity contribution in [2.75, 3.05) is 0 Å². The molecule has 2 bridgehead atoms. The molecule has 0 radical (unpaired) electrons. The molecule has 18 heavy (non-hydrogen) atoms. The number of halogens is 2. The third kappa shape index (κ3) is 1.99. The van der Waals surface area contributed by atoms with Crippen molar-refractivity contribution in [2.45, 2.75) is 31.3 Å². The van der Waals surface area contributed by atoms with Gasteiger partial charge in [0, 0.05) is 10.5 Å². The Morgan fingerprint density at radius 2 is 2.22 bits per heavy atom. The topological polar surface area (TPSA) is 20.3 Å². The van der Waals surface area contributed by atoms with Crippen molar-refractivity contribution in [1.29, 1.82) is 0 Å². The predicted octanol–water partition coefficient (Wildman–Crippen LogP) is 4.04. The van der Waals surface area contributed by atoms with Gasteiger partial charge >= 0.3 is 0 Å². The minimum Gasteiger partial charge on any atom is -0.329 e.